The lowest BCUT2D eigenvalue weighted by molar-refractivity contribution is 0.683. The predicted octanol–water partition coefficient (Wildman–Crippen LogP) is 2.88. The van der Waals surface area contributed by atoms with Gasteiger partial charge in [0, 0.05) is 12.1 Å². The second-order valence-corrected chi connectivity index (χ2v) is 4.77. The largest absolute Gasteiger partial charge is 0.370 e. The van der Waals surface area contributed by atoms with E-state index < -0.39 is 0 Å². The second-order valence-electron chi connectivity index (χ2n) is 4.77. The predicted molar refractivity (Wildman–Crippen MR) is 76.6 cm³/mol. The summed E-state index contributed by atoms with van der Waals surface area (Å²) in [5, 5.41) is 3.38. The monoisotopic (exact) mass is 251 g/mol. The van der Waals surface area contributed by atoms with Crippen LogP contribution < -0.4 is 16.6 Å². The number of rotatable bonds is 8. The molecule has 1 rings (SSSR count). The number of nitrogens with one attached hydrogen (secondary N) is 2. The van der Waals surface area contributed by atoms with E-state index in [1.165, 1.54) is 32.0 Å². The molecule has 5 nitrogen and oxygen atoms in total. The van der Waals surface area contributed by atoms with Crippen molar-refractivity contribution >= 4 is 11.6 Å². The number of anilines is 2. The number of hydrogen-bond acceptors (Lipinski definition) is 5. The summed E-state index contributed by atoms with van der Waals surface area (Å²) in [6.45, 7) is 7.39. The van der Waals surface area contributed by atoms with Crippen molar-refractivity contribution in [1.29, 1.82) is 0 Å². The third-order valence-corrected chi connectivity index (χ3v) is 2.92. The van der Waals surface area contributed by atoms with E-state index in [0.29, 0.717) is 11.7 Å². The first-order valence-corrected chi connectivity index (χ1v) is 6.76. The number of hydrogen-bond donors (Lipinski definition) is 3. The number of nitrogens with two attached hydrogens (primary N) is 1. The minimum absolute atomic E-state index is 0.329. The number of unbranched alkanes of at least 4 members (excludes halogenated alkanes) is 3. The van der Waals surface area contributed by atoms with Crippen LogP contribution in [0.25, 0.3) is 0 Å². The van der Waals surface area contributed by atoms with Gasteiger partial charge in [-0.1, -0.05) is 40.0 Å². The van der Waals surface area contributed by atoms with Crippen LogP contribution >= 0.6 is 0 Å². The second kappa shape index (κ2) is 7.87. The van der Waals surface area contributed by atoms with Crippen molar-refractivity contribution in [1.82, 2.24) is 9.97 Å². The highest BCUT2D eigenvalue weighted by molar-refractivity contribution is 5.58. The standard InChI is InChI=1S/C13H25N5/c1-4-5-6-7-8-15-12-11(10(2)3)13(18-14)17-9-16-12/h9-10H,4-8,14H2,1-3H3,(H2,15,16,17,18). The molecule has 1 heterocycles. The van der Waals surface area contributed by atoms with Gasteiger partial charge in [-0.15, -0.1) is 0 Å². The molecular formula is C13H25N5. The minimum Gasteiger partial charge on any atom is -0.370 e. The van der Waals surface area contributed by atoms with Crippen LogP contribution in [0.1, 0.15) is 57.9 Å². The zero-order valence-electron chi connectivity index (χ0n) is 11.7. The molecule has 0 spiro atoms. The van der Waals surface area contributed by atoms with Crippen molar-refractivity contribution < 1.29 is 0 Å². The van der Waals surface area contributed by atoms with Crippen molar-refractivity contribution in [2.24, 2.45) is 5.84 Å². The Bertz CT molecular complexity index is 351. The van der Waals surface area contributed by atoms with Gasteiger partial charge in [0.05, 0.1) is 0 Å². The van der Waals surface area contributed by atoms with Crippen LogP contribution in [0.5, 0.6) is 0 Å². The quantitative estimate of drug-likeness (QED) is 0.376. The van der Waals surface area contributed by atoms with Crippen LogP contribution in [0.4, 0.5) is 11.6 Å². The highest BCUT2D eigenvalue weighted by Gasteiger charge is 2.13. The van der Waals surface area contributed by atoms with E-state index in [2.05, 4.69) is 41.5 Å². The molecule has 0 aliphatic carbocycles. The molecule has 0 amide bonds. The molecule has 0 unspecified atom stereocenters. The Kier molecular flexibility index (Phi) is 6.43. The van der Waals surface area contributed by atoms with Crippen molar-refractivity contribution in [3.8, 4) is 0 Å². The van der Waals surface area contributed by atoms with E-state index in [1.807, 2.05) is 0 Å². The van der Waals surface area contributed by atoms with Crippen LogP contribution in [0.3, 0.4) is 0 Å². The van der Waals surface area contributed by atoms with Gasteiger partial charge in [-0.25, -0.2) is 15.8 Å². The first-order chi connectivity index (χ1) is 8.70. The molecule has 5 heteroatoms. The van der Waals surface area contributed by atoms with Gasteiger partial charge in [-0.3, -0.25) is 0 Å². The van der Waals surface area contributed by atoms with Crippen molar-refractivity contribution in [2.45, 2.75) is 52.4 Å². The van der Waals surface area contributed by atoms with Crippen molar-refractivity contribution in [2.75, 3.05) is 17.3 Å². The Morgan fingerprint density at radius 1 is 1.17 bits per heavy atom. The lowest BCUT2D eigenvalue weighted by Crippen LogP contribution is -2.15. The van der Waals surface area contributed by atoms with E-state index in [9.17, 15) is 0 Å². The molecule has 1 aromatic heterocycles. The number of hydrazine groups is 1. The first kappa shape index (κ1) is 14.7. The number of aromatic nitrogens is 2. The molecular weight excluding hydrogens is 226 g/mol. The molecule has 1 aromatic rings. The highest BCUT2D eigenvalue weighted by atomic mass is 15.3. The zero-order valence-corrected chi connectivity index (χ0v) is 11.7. The normalized spacial score (nSPS) is 10.7. The molecule has 0 atom stereocenters. The highest BCUT2D eigenvalue weighted by Crippen LogP contribution is 2.27. The van der Waals surface area contributed by atoms with Crippen LogP contribution in [0.2, 0.25) is 0 Å². The van der Waals surface area contributed by atoms with Gasteiger partial charge in [0.15, 0.2) is 0 Å². The fourth-order valence-electron chi connectivity index (χ4n) is 1.96. The molecule has 0 fully saturated rings. The average Bonchev–Trinajstić information content (AvgIpc) is 2.37. The molecule has 0 saturated heterocycles. The van der Waals surface area contributed by atoms with E-state index in [1.54, 1.807) is 0 Å². The Morgan fingerprint density at radius 3 is 2.50 bits per heavy atom. The summed E-state index contributed by atoms with van der Waals surface area (Å²) < 4.78 is 0. The van der Waals surface area contributed by atoms with Crippen molar-refractivity contribution in [3.05, 3.63) is 11.9 Å². The smallest absolute Gasteiger partial charge is 0.148 e. The average molecular weight is 251 g/mol. The summed E-state index contributed by atoms with van der Waals surface area (Å²) in [6.07, 6.45) is 6.51. The Labute approximate surface area is 110 Å². The summed E-state index contributed by atoms with van der Waals surface area (Å²) in [5.41, 5.74) is 3.69. The summed E-state index contributed by atoms with van der Waals surface area (Å²) in [5.74, 6) is 7.41. The van der Waals surface area contributed by atoms with Crippen LogP contribution in [0.15, 0.2) is 6.33 Å². The molecule has 0 saturated carbocycles. The van der Waals surface area contributed by atoms with Gasteiger partial charge in [-0.05, 0) is 12.3 Å². The molecule has 18 heavy (non-hydrogen) atoms. The Hall–Kier alpha value is -1.36. The van der Waals surface area contributed by atoms with Gasteiger partial charge in [-0.2, -0.15) is 0 Å². The molecule has 0 bridgehead atoms. The number of nitrogen functional groups attached to an aromatic ring is 1. The number of nitrogens with zero attached hydrogens (tertiary/aromatic N) is 2. The third kappa shape index (κ3) is 4.14. The van der Waals surface area contributed by atoms with Crippen molar-refractivity contribution in [3.63, 3.8) is 0 Å². The van der Waals surface area contributed by atoms with E-state index in [4.69, 9.17) is 5.84 Å². The first-order valence-electron chi connectivity index (χ1n) is 6.76. The maximum absolute atomic E-state index is 5.48. The molecule has 0 aromatic carbocycles. The Balaban J connectivity index is 2.64. The lowest BCUT2D eigenvalue weighted by atomic mass is 10.0. The van der Waals surface area contributed by atoms with E-state index in [-0.39, 0.29) is 0 Å². The third-order valence-electron chi connectivity index (χ3n) is 2.92. The fraction of sp³-hybridized carbons (Fsp3) is 0.692. The maximum Gasteiger partial charge on any atom is 0.148 e. The summed E-state index contributed by atoms with van der Waals surface area (Å²) in [4.78, 5) is 8.46. The fourth-order valence-corrected chi connectivity index (χ4v) is 1.96. The van der Waals surface area contributed by atoms with E-state index in [0.717, 1.165) is 17.9 Å². The molecule has 102 valence electrons. The summed E-state index contributed by atoms with van der Waals surface area (Å²) in [7, 11) is 0. The van der Waals surface area contributed by atoms with Gasteiger partial charge < -0.3 is 10.7 Å². The molecule has 4 N–H and O–H groups in total. The van der Waals surface area contributed by atoms with Crippen LogP contribution in [-0.2, 0) is 0 Å². The molecule has 0 aliphatic heterocycles. The summed E-state index contributed by atoms with van der Waals surface area (Å²) in [6, 6.07) is 0. The van der Waals surface area contributed by atoms with Crippen LogP contribution in [-0.4, -0.2) is 16.5 Å². The SMILES string of the molecule is CCCCCCNc1ncnc(NN)c1C(C)C. The minimum atomic E-state index is 0.329. The van der Waals surface area contributed by atoms with Gasteiger partial charge in [0.25, 0.3) is 0 Å². The van der Waals surface area contributed by atoms with E-state index >= 15 is 0 Å². The Morgan fingerprint density at radius 2 is 1.89 bits per heavy atom. The van der Waals surface area contributed by atoms with Gasteiger partial charge in [0.1, 0.15) is 18.0 Å². The molecule has 0 radical (unpaired) electrons. The van der Waals surface area contributed by atoms with Gasteiger partial charge in [0.2, 0.25) is 0 Å². The molecule has 0 aliphatic rings. The zero-order chi connectivity index (χ0) is 13.4. The maximum atomic E-state index is 5.48. The van der Waals surface area contributed by atoms with Crippen LogP contribution in [0, 0.1) is 0 Å². The topological polar surface area (TPSA) is 75.9 Å². The lowest BCUT2D eigenvalue weighted by Gasteiger charge is -2.16. The summed E-state index contributed by atoms with van der Waals surface area (Å²) >= 11 is 0. The van der Waals surface area contributed by atoms with Gasteiger partial charge >= 0.3 is 0 Å².